The van der Waals surface area contributed by atoms with E-state index in [0.717, 1.165) is 79.4 Å². The van der Waals surface area contributed by atoms with E-state index in [1.165, 1.54) is 19.3 Å². The standard InChI is InChI=1S/C26H41NO4/c1-6-7-8-9-11-14-22(27(29)30)15-12-10-13-17-26(5)18-16-23-21(4)24(28)19(2)20(3)25(23)31-26/h15,28H,6-14,16-18H2,1-5H3. The quantitative estimate of drug-likeness (QED) is 0.211. The number of ether oxygens (including phenoxy) is 1. The molecule has 0 saturated carbocycles. The number of phenolic OH excluding ortho intramolecular Hbond substituents is 1. The summed E-state index contributed by atoms with van der Waals surface area (Å²) >= 11 is 0. The van der Waals surface area contributed by atoms with Crippen molar-refractivity contribution in [2.24, 2.45) is 0 Å². The zero-order chi connectivity index (χ0) is 23.0. The van der Waals surface area contributed by atoms with Gasteiger partial charge in [-0.15, -0.1) is 0 Å². The lowest BCUT2D eigenvalue weighted by Gasteiger charge is -2.38. The summed E-state index contributed by atoms with van der Waals surface area (Å²) in [6.07, 6.45) is 13.4. The molecular formula is C26H41NO4. The van der Waals surface area contributed by atoms with Crippen molar-refractivity contribution in [3.8, 4) is 11.5 Å². The molecule has 5 nitrogen and oxygen atoms in total. The van der Waals surface area contributed by atoms with Crippen LogP contribution in [0.25, 0.3) is 0 Å². The number of nitrogens with zero attached hydrogens (tertiary/aromatic N) is 1. The van der Waals surface area contributed by atoms with Crippen molar-refractivity contribution < 1.29 is 14.8 Å². The predicted octanol–water partition coefficient (Wildman–Crippen LogP) is 7.48. The molecule has 0 fully saturated rings. The van der Waals surface area contributed by atoms with Crippen LogP contribution in [-0.2, 0) is 6.42 Å². The maximum atomic E-state index is 11.3. The Hall–Kier alpha value is -2.04. The molecule has 1 atom stereocenters. The van der Waals surface area contributed by atoms with E-state index < -0.39 is 0 Å². The number of fused-ring (bicyclic) bond motifs is 1. The van der Waals surface area contributed by atoms with Gasteiger partial charge in [-0.3, -0.25) is 10.1 Å². The molecule has 1 N–H and O–H groups in total. The molecular weight excluding hydrogens is 390 g/mol. The van der Waals surface area contributed by atoms with E-state index in [4.69, 9.17) is 4.74 Å². The Bertz CT molecular complexity index is 799. The minimum absolute atomic E-state index is 0.203. The lowest BCUT2D eigenvalue weighted by molar-refractivity contribution is -0.428. The molecule has 1 aromatic rings. The molecule has 1 unspecified atom stereocenters. The Morgan fingerprint density at radius 1 is 1.10 bits per heavy atom. The van der Waals surface area contributed by atoms with Gasteiger partial charge < -0.3 is 9.84 Å². The van der Waals surface area contributed by atoms with E-state index in [2.05, 4.69) is 13.8 Å². The molecule has 1 aliphatic rings. The molecule has 0 spiro atoms. The second-order valence-electron chi connectivity index (χ2n) is 9.45. The Morgan fingerprint density at radius 3 is 2.48 bits per heavy atom. The van der Waals surface area contributed by atoms with Crippen LogP contribution in [0, 0.1) is 30.9 Å². The van der Waals surface area contributed by atoms with Crippen LogP contribution in [-0.4, -0.2) is 15.6 Å². The Kier molecular flexibility index (Phi) is 9.39. The van der Waals surface area contributed by atoms with E-state index >= 15 is 0 Å². The van der Waals surface area contributed by atoms with Crippen LogP contribution < -0.4 is 4.74 Å². The number of nitro groups is 1. The molecule has 1 aliphatic heterocycles. The molecule has 2 rings (SSSR count). The summed E-state index contributed by atoms with van der Waals surface area (Å²) in [5.41, 5.74) is 4.16. The second-order valence-corrected chi connectivity index (χ2v) is 9.45. The monoisotopic (exact) mass is 431 g/mol. The maximum Gasteiger partial charge on any atom is 0.242 e. The van der Waals surface area contributed by atoms with Crippen LogP contribution >= 0.6 is 0 Å². The van der Waals surface area contributed by atoms with Crippen LogP contribution in [0.3, 0.4) is 0 Å². The Balaban J connectivity index is 1.85. The van der Waals surface area contributed by atoms with Crippen molar-refractivity contribution in [1.29, 1.82) is 0 Å². The fraction of sp³-hybridized carbons (Fsp3) is 0.692. The van der Waals surface area contributed by atoms with Crippen molar-refractivity contribution in [3.63, 3.8) is 0 Å². The minimum Gasteiger partial charge on any atom is -0.507 e. The van der Waals surface area contributed by atoms with E-state index in [9.17, 15) is 15.2 Å². The third-order valence-corrected chi connectivity index (χ3v) is 6.90. The number of hydrogen-bond acceptors (Lipinski definition) is 4. The van der Waals surface area contributed by atoms with E-state index in [1.54, 1.807) is 0 Å². The van der Waals surface area contributed by atoms with Crippen LogP contribution in [0.4, 0.5) is 0 Å². The van der Waals surface area contributed by atoms with Gasteiger partial charge in [0.15, 0.2) is 0 Å². The highest BCUT2D eigenvalue weighted by Gasteiger charge is 2.34. The zero-order valence-corrected chi connectivity index (χ0v) is 20.2. The summed E-state index contributed by atoms with van der Waals surface area (Å²) in [6, 6.07) is 0. The molecule has 0 amide bonds. The average Bonchev–Trinajstić information content (AvgIpc) is 2.74. The number of allylic oxidation sites excluding steroid dienone is 2. The number of unbranched alkanes of at least 4 members (excludes halogenated alkanes) is 6. The Morgan fingerprint density at radius 2 is 1.81 bits per heavy atom. The highest BCUT2D eigenvalue weighted by molar-refractivity contribution is 5.58. The van der Waals surface area contributed by atoms with E-state index in [1.807, 2.05) is 26.8 Å². The van der Waals surface area contributed by atoms with Crippen LogP contribution in [0.5, 0.6) is 11.5 Å². The summed E-state index contributed by atoms with van der Waals surface area (Å²) in [5.74, 6) is 1.34. The number of benzene rings is 1. The van der Waals surface area contributed by atoms with Crippen molar-refractivity contribution >= 4 is 0 Å². The maximum absolute atomic E-state index is 11.3. The number of aromatic hydroxyl groups is 1. The molecule has 0 aromatic heterocycles. The number of phenols is 1. The SMILES string of the molecule is CCCCCCCC(=CCCCCC1(C)CCc2c(C)c(O)c(C)c(C)c2O1)[N+](=O)[O-]. The lowest BCUT2D eigenvalue weighted by atomic mass is 9.84. The first-order chi connectivity index (χ1) is 14.7. The predicted molar refractivity (Wildman–Crippen MR) is 127 cm³/mol. The summed E-state index contributed by atoms with van der Waals surface area (Å²) in [6.45, 7) is 10.3. The molecule has 1 heterocycles. The first-order valence-corrected chi connectivity index (χ1v) is 12.0. The van der Waals surface area contributed by atoms with Gasteiger partial charge in [0.25, 0.3) is 0 Å². The van der Waals surface area contributed by atoms with Gasteiger partial charge in [0.2, 0.25) is 5.70 Å². The first-order valence-electron chi connectivity index (χ1n) is 12.0. The third-order valence-electron chi connectivity index (χ3n) is 6.90. The molecule has 0 bridgehead atoms. The van der Waals surface area contributed by atoms with E-state index in [0.29, 0.717) is 17.9 Å². The van der Waals surface area contributed by atoms with Crippen molar-refractivity contribution in [2.45, 2.75) is 117 Å². The van der Waals surface area contributed by atoms with Gasteiger partial charge in [0.05, 0.1) is 4.92 Å². The van der Waals surface area contributed by atoms with Crippen molar-refractivity contribution in [3.05, 3.63) is 44.1 Å². The molecule has 1 aromatic carbocycles. The van der Waals surface area contributed by atoms with Gasteiger partial charge >= 0.3 is 0 Å². The van der Waals surface area contributed by atoms with Gasteiger partial charge in [-0.1, -0.05) is 32.6 Å². The van der Waals surface area contributed by atoms with E-state index in [-0.39, 0.29) is 10.5 Å². The summed E-state index contributed by atoms with van der Waals surface area (Å²) in [7, 11) is 0. The summed E-state index contributed by atoms with van der Waals surface area (Å²) in [5, 5.41) is 21.6. The third kappa shape index (κ3) is 6.72. The highest BCUT2D eigenvalue weighted by Crippen LogP contribution is 2.44. The molecule has 5 heteroatoms. The minimum atomic E-state index is -0.220. The molecule has 174 valence electrons. The van der Waals surface area contributed by atoms with Crippen LogP contribution in [0.2, 0.25) is 0 Å². The van der Waals surface area contributed by atoms with Gasteiger partial charge in [-0.25, -0.2) is 0 Å². The smallest absolute Gasteiger partial charge is 0.242 e. The van der Waals surface area contributed by atoms with Crippen molar-refractivity contribution in [1.82, 2.24) is 0 Å². The topological polar surface area (TPSA) is 72.6 Å². The molecule has 31 heavy (non-hydrogen) atoms. The first kappa shape index (κ1) is 25.2. The molecule has 0 saturated heterocycles. The summed E-state index contributed by atoms with van der Waals surface area (Å²) < 4.78 is 6.48. The van der Waals surface area contributed by atoms with Crippen LogP contribution in [0.1, 0.15) is 107 Å². The highest BCUT2D eigenvalue weighted by atomic mass is 16.6. The average molecular weight is 432 g/mol. The Labute approximate surface area is 188 Å². The lowest BCUT2D eigenvalue weighted by Crippen LogP contribution is -2.37. The fourth-order valence-corrected chi connectivity index (χ4v) is 4.56. The second kappa shape index (κ2) is 11.5. The van der Waals surface area contributed by atoms with Gasteiger partial charge in [-0.2, -0.15) is 0 Å². The normalized spacial score (nSPS) is 18.5. The summed E-state index contributed by atoms with van der Waals surface area (Å²) in [4.78, 5) is 11.1. The fourth-order valence-electron chi connectivity index (χ4n) is 4.56. The van der Waals surface area contributed by atoms with Crippen molar-refractivity contribution in [2.75, 3.05) is 0 Å². The largest absolute Gasteiger partial charge is 0.507 e. The zero-order valence-electron chi connectivity index (χ0n) is 20.2. The van der Waals surface area contributed by atoms with Gasteiger partial charge in [-0.05, 0) is 95.4 Å². The van der Waals surface area contributed by atoms with Gasteiger partial charge in [0, 0.05) is 12.0 Å². The molecule has 0 radical (unpaired) electrons. The number of rotatable bonds is 12. The molecule has 0 aliphatic carbocycles. The number of hydrogen-bond donors (Lipinski definition) is 1. The van der Waals surface area contributed by atoms with Crippen LogP contribution in [0.15, 0.2) is 11.8 Å². The van der Waals surface area contributed by atoms with Gasteiger partial charge in [0.1, 0.15) is 17.1 Å².